The van der Waals surface area contributed by atoms with E-state index in [1.807, 2.05) is 12.4 Å². The number of aromatic nitrogens is 2. The van der Waals surface area contributed by atoms with Crippen LogP contribution in [0.5, 0.6) is 0 Å². The van der Waals surface area contributed by atoms with E-state index >= 15 is 0 Å². The topological polar surface area (TPSA) is 31.9 Å². The third-order valence-electron chi connectivity index (χ3n) is 8.80. The zero-order valence-corrected chi connectivity index (χ0v) is 30.0. The molecule has 0 bridgehead atoms. The maximum Gasteiger partial charge on any atom is 0.200 e. The van der Waals surface area contributed by atoms with Crippen molar-refractivity contribution in [1.82, 2.24) is 9.97 Å². The summed E-state index contributed by atoms with van der Waals surface area (Å²) in [7, 11) is 0. The van der Waals surface area contributed by atoms with Crippen molar-refractivity contribution in [3.63, 3.8) is 0 Å². The lowest BCUT2D eigenvalue weighted by molar-refractivity contribution is 0.369. The molecule has 1 heterocycles. The van der Waals surface area contributed by atoms with Gasteiger partial charge < -0.3 is 4.98 Å². The van der Waals surface area contributed by atoms with Crippen molar-refractivity contribution < 1.29 is 65.9 Å². The standard InChI is InChI=1S/C20H38N2.C18F15N/c1-2-3-4-5-6-7-8-9-10-11-12-13-14-15-16-17-20-21-18-19-22-20;19-1-4(22)10(28)16(11(29)5(1)23)34(17-12(30)6(24)2(20)7(25)13(17)31)18-14(32)8(26)3(21)9(27)15(18)33/h18-19H,2-17H2,1H3,(H,21,22);. The maximum atomic E-state index is 14.3. The van der Waals surface area contributed by atoms with Crippen LogP contribution in [0.2, 0.25) is 0 Å². The minimum Gasteiger partial charge on any atom is -0.349 e. The third kappa shape index (κ3) is 10.9. The van der Waals surface area contributed by atoms with Gasteiger partial charge in [0, 0.05) is 18.8 Å². The van der Waals surface area contributed by atoms with Crippen LogP contribution in [0.1, 0.15) is 109 Å². The summed E-state index contributed by atoms with van der Waals surface area (Å²) in [5.74, 6) is -44.9. The molecule has 56 heavy (non-hydrogen) atoms. The third-order valence-corrected chi connectivity index (χ3v) is 8.80. The first-order chi connectivity index (χ1) is 26.6. The molecular weight excluding hydrogens is 783 g/mol. The summed E-state index contributed by atoms with van der Waals surface area (Å²) in [6.07, 6.45) is 26.3. The van der Waals surface area contributed by atoms with E-state index < -0.39 is 109 Å². The molecule has 1 N–H and O–H groups in total. The number of rotatable bonds is 19. The smallest absolute Gasteiger partial charge is 0.200 e. The Kier molecular flexibility index (Phi) is 17.9. The lowest BCUT2D eigenvalue weighted by Gasteiger charge is -2.28. The van der Waals surface area contributed by atoms with E-state index in [9.17, 15) is 65.9 Å². The SMILES string of the molecule is CCCCCCCCCCCCCCCCCc1ncc[nH]1.Fc1c(F)c(F)c(N(c2c(F)c(F)c(F)c(F)c2F)c2c(F)c(F)c(F)c(F)c2F)c(F)c1F. The molecule has 0 saturated heterocycles. The average Bonchev–Trinajstić information content (AvgIpc) is 3.71. The molecule has 0 atom stereocenters. The Morgan fingerprint density at radius 3 is 0.875 bits per heavy atom. The van der Waals surface area contributed by atoms with Crippen LogP contribution in [-0.4, -0.2) is 9.97 Å². The molecule has 1 aromatic heterocycles. The molecule has 4 rings (SSSR count). The van der Waals surface area contributed by atoms with E-state index in [2.05, 4.69) is 16.9 Å². The van der Waals surface area contributed by atoms with Crippen LogP contribution in [0.15, 0.2) is 12.4 Å². The van der Waals surface area contributed by atoms with E-state index in [-0.39, 0.29) is 0 Å². The molecule has 0 fully saturated rings. The molecule has 0 radical (unpaired) electrons. The average molecular weight is 822 g/mol. The first-order valence-electron chi connectivity index (χ1n) is 17.9. The van der Waals surface area contributed by atoms with Gasteiger partial charge in [-0.25, -0.2) is 70.8 Å². The molecule has 0 saturated carbocycles. The summed E-state index contributed by atoms with van der Waals surface area (Å²) in [4.78, 5) is 5.89. The highest BCUT2D eigenvalue weighted by Crippen LogP contribution is 2.46. The highest BCUT2D eigenvalue weighted by atomic mass is 19.2. The van der Waals surface area contributed by atoms with E-state index in [0.29, 0.717) is 0 Å². The maximum absolute atomic E-state index is 14.3. The lowest BCUT2D eigenvalue weighted by Crippen LogP contribution is -2.24. The summed E-state index contributed by atoms with van der Waals surface area (Å²) < 4.78 is 208. The molecule has 0 amide bonds. The van der Waals surface area contributed by atoms with Crippen molar-refractivity contribution >= 4 is 17.1 Å². The fourth-order valence-electron chi connectivity index (χ4n) is 5.80. The predicted octanol–water partition coefficient (Wildman–Crippen LogP) is 14.1. The Balaban J connectivity index is 0.000000331. The number of halogens is 15. The van der Waals surface area contributed by atoms with Crippen LogP contribution in [0.3, 0.4) is 0 Å². The Morgan fingerprint density at radius 1 is 0.375 bits per heavy atom. The number of nitrogens with one attached hydrogen (secondary N) is 1. The van der Waals surface area contributed by atoms with Gasteiger partial charge >= 0.3 is 0 Å². The molecule has 3 nitrogen and oxygen atoms in total. The number of benzene rings is 3. The fourth-order valence-corrected chi connectivity index (χ4v) is 5.80. The number of hydrogen-bond donors (Lipinski definition) is 1. The van der Waals surface area contributed by atoms with Crippen LogP contribution in [0.25, 0.3) is 0 Å². The van der Waals surface area contributed by atoms with E-state index in [1.165, 1.54) is 96.3 Å². The van der Waals surface area contributed by atoms with Gasteiger partial charge in [-0.2, -0.15) is 0 Å². The number of H-pyrrole nitrogens is 1. The molecule has 18 heteroatoms. The second kappa shape index (κ2) is 21.8. The number of hydrogen-bond acceptors (Lipinski definition) is 2. The minimum atomic E-state index is -3.12. The van der Waals surface area contributed by atoms with Gasteiger partial charge in [0.2, 0.25) is 17.5 Å². The number of aromatic amines is 1. The van der Waals surface area contributed by atoms with Crippen LogP contribution < -0.4 is 4.90 Å². The van der Waals surface area contributed by atoms with Crippen molar-refractivity contribution in [3.05, 3.63) is 105 Å². The monoisotopic (exact) mass is 821 g/mol. The van der Waals surface area contributed by atoms with Crippen LogP contribution >= 0.6 is 0 Å². The van der Waals surface area contributed by atoms with Crippen LogP contribution in [0, 0.1) is 87.3 Å². The molecule has 0 aliphatic carbocycles. The van der Waals surface area contributed by atoms with Gasteiger partial charge in [0.05, 0.1) is 0 Å². The first kappa shape index (κ1) is 46.0. The summed E-state index contributed by atoms with van der Waals surface area (Å²) >= 11 is 0. The lowest BCUT2D eigenvalue weighted by atomic mass is 10.0. The summed E-state index contributed by atoms with van der Waals surface area (Å²) in [6, 6.07) is 0. The van der Waals surface area contributed by atoms with E-state index in [4.69, 9.17) is 0 Å². The molecule has 0 spiro atoms. The van der Waals surface area contributed by atoms with Gasteiger partial charge in [0.15, 0.2) is 69.8 Å². The number of unbranched alkanes of at least 4 members (excludes halogenated alkanes) is 14. The predicted molar refractivity (Wildman–Crippen MR) is 178 cm³/mol. The van der Waals surface area contributed by atoms with Crippen molar-refractivity contribution in [2.24, 2.45) is 0 Å². The summed E-state index contributed by atoms with van der Waals surface area (Å²) in [5, 5.41) is 0. The zero-order valence-electron chi connectivity index (χ0n) is 30.0. The van der Waals surface area contributed by atoms with Gasteiger partial charge in [-0.15, -0.1) is 0 Å². The molecular formula is C38H38F15N3. The van der Waals surface area contributed by atoms with Gasteiger partial charge in [-0.05, 0) is 6.42 Å². The number of nitrogens with zero attached hydrogens (tertiary/aromatic N) is 2. The second-order valence-electron chi connectivity index (χ2n) is 12.8. The Labute approximate surface area is 312 Å². The van der Waals surface area contributed by atoms with Crippen molar-refractivity contribution in [3.8, 4) is 0 Å². The van der Waals surface area contributed by atoms with Crippen LogP contribution in [-0.2, 0) is 6.42 Å². The largest absolute Gasteiger partial charge is 0.349 e. The molecule has 4 aromatic rings. The first-order valence-corrected chi connectivity index (χ1v) is 17.9. The van der Waals surface area contributed by atoms with Crippen molar-refractivity contribution in [2.75, 3.05) is 4.90 Å². The van der Waals surface area contributed by atoms with Crippen molar-refractivity contribution in [2.45, 2.75) is 110 Å². The van der Waals surface area contributed by atoms with Gasteiger partial charge in [-0.3, -0.25) is 4.90 Å². The zero-order chi connectivity index (χ0) is 41.7. The summed E-state index contributed by atoms with van der Waals surface area (Å²) in [5.41, 5.74) is -8.53. The quantitative estimate of drug-likeness (QED) is 0.0442. The normalized spacial score (nSPS) is 11.3. The minimum absolute atomic E-state index is 1.12. The van der Waals surface area contributed by atoms with Gasteiger partial charge in [0.1, 0.15) is 22.9 Å². The van der Waals surface area contributed by atoms with E-state index in [1.54, 1.807) is 0 Å². The highest BCUT2D eigenvalue weighted by molar-refractivity contribution is 5.79. The number of aryl methyl sites for hydroxylation is 1. The summed E-state index contributed by atoms with van der Waals surface area (Å²) in [6.45, 7) is 2.29. The number of imidazole rings is 1. The Hall–Kier alpha value is -4.38. The highest BCUT2D eigenvalue weighted by Gasteiger charge is 2.41. The molecule has 0 unspecified atom stereocenters. The van der Waals surface area contributed by atoms with E-state index in [0.717, 1.165) is 12.2 Å². The van der Waals surface area contributed by atoms with Crippen LogP contribution in [0.4, 0.5) is 82.9 Å². The number of anilines is 3. The fraction of sp³-hybridized carbons (Fsp3) is 0.447. The molecule has 0 aliphatic heterocycles. The van der Waals surface area contributed by atoms with Gasteiger partial charge in [0.25, 0.3) is 0 Å². The molecule has 0 aliphatic rings. The van der Waals surface area contributed by atoms with Gasteiger partial charge in [-0.1, -0.05) is 96.8 Å². The Bertz CT molecular complexity index is 1650. The molecule has 3 aromatic carbocycles. The second-order valence-corrected chi connectivity index (χ2v) is 12.8. The van der Waals surface area contributed by atoms with Crippen molar-refractivity contribution in [1.29, 1.82) is 0 Å². The molecule has 310 valence electrons. The Morgan fingerprint density at radius 2 is 0.625 bits per heavy atom.